The highest BCUT2D eigenvalue weighted by Gasteiger charge is 2.32. The first-order chi connectivity index (χ1) is 7.66. The van der Waals surface area contributed by atoms with Gasteiger partial charge in [0.1, 0.15) is 6.61 Å². The van der Waals surface area contributed by atoms with Crippen LogP contribution in [-0.2, 0) is 19.1 Å². The molecule has 90 valence electrons. The number of carboxylic acids is 1. The SMILES string of the molecule is O=C(O)C1CCC(CN2CCOCC2=O)O1. The van der Waals surface area contributed by atoms with E-state index in [4.69, 9.17) is 14.6 Å². The van der Waals surface area contributed by atoms with E-state index in [0.717, 1.165) is 0 Å². The molecule has 0 aromatic rings. The molecule has 0 aromatic carbocycles. The molecular weight excluding hydrogens is 214 g/mol. The van der Waals surface area contributed by atoms with E-state index in [1.54, 1.807) is 4.90 Å². The number of hydrogen-bond donors (Lipinski definition) is 1. The number of carbonyl (C=O) groups is 2. The second-order valence-electron chi connectivity index (χ2n) is 4.05. The lowest BCUT2D eigenvalue weighted by molar-refractivity contribution is -0.151. The lowest BCUT2D eigenvalue weighted by Crippen LogP contribution is -2.45. The average Bonchev–Trinajstić information content (AvgIpc) is 2.70. The molecule has 2 aliphatic heterocycles. The number of morpholine rings is 1. The maximum Gasteiger partial charge on any atom is 0.332 e. The first kappa shape index (κ1) is 11.3. The summed E-state index contributed by atoms with van der Waals surface area (Å²) in [5.41, 5.74) is 0. The van der Waals surface area contributed by atoms with E-state index in [1.165, 1.54) is 0 Å². The molecule has 2 unspecified atom stereocenters. The van der Waals surface area contributed by atoms with E-state index in [1.807, 2.05) is 0 Å². The van der Waals surface area contributed by atoms with Crippen LogP contribution in [0.2, 0.25) is 0 Å². The van der Waals surface area contributed by atoms with Crippen LogP contribution < -0.4 is 0 Å². The molecule has 2 saturated heterocycles. The highest BCUT2D eigenvalue weighted by molar-refractivity contribution is 5.78. The Kier molecular flexibility index (Phi) is 3.40. The number of amides is 1. The van der Waals surface area contributed by atoms with Gasteiger partial charge in [-0.25, -0.2) is 4.79 Å². The quantitative estimate of drug-likeness (QED) is 0.704. The van der Waals surface area contributed by atoms with Gasteiger partial charge in [-0.1, -0.05) is 0 Å². The Morgan fingerprint density at radius 3 is 2.94 bits per heavy atom. The fraction of sp³-hybridized carbons (Fsp3) is 0.800. The average molecular weight is 229 g/mol. The second-order valence-corrected chi connectivity index (χ2v) is 4.05. The maximum atomic E-state index is 11.4. The molecule has 1 N–H and O–H groups in total. The Morgan fingerprint density at radius 2 is 2.31 bits per heavy atom. The van der Waals surface area contributed by atoms with Crippen LogP contribution in [0.5, 0.6) is 0 Å². The van der Waals surface area contributed by atoms with Gasteiger partial charge in [-0.3, -0.25) is 4.79 Å². The minimum absolute atomic E-state index is 0.0476. The van der Waals surface area contributed by atoms with Crippen LogP contribution in [0.3, 0.4) is 0 Å². The first-order valence-electron chi connectivity index (χ1n) is 5.40. The number of hydrogen-bond acceptors (Lipinski definition) is 4. The van der Waals surface area contributed by atoms with Crippen molar-refractivity contribution in [2.24, 2.45) is 0 Å². The van der Waals surface area contributed by atoms with Gasteiger partial charge < -0.3 is 19.5 Å². The van der Waals surface area contributed by atoms with Crippen LogP contribution in [0.4, 0.5) is 0 Å². The highest BCUT2D eigenvalue weighted by atomic mass is 16.5. The summed E-state index contributed by atoms with van der Waals surface area (Å²) in [6, 6.07) is 0. The molecule has 0 spiro atoms. The van der Waals surface area contributed by atoms with Gasteiger partial charge in [0, 0.05) is 13.1 Å². The Balaban J connectivity index is 1.82. The largest absolute Gasteiger partial charge is 0.479 e. The van der Waals surface area contributed by atoms with Gasteiger partial charge in [-0.05, 0) is 12.8 Å². The smallest absolute Gasteiger partial charge is 0.332 e. The monoisotopic (exact) mass is 229 g/mol. The van der Waals surface area contributed by atoms with E-state index in [9.17, 15) is 9.59 Å². The van der Waals surface area contributed by atoms with Crippen molar-refractivity contribution in [1.29, 1.82) is 0 Å². The molecule has 2 atom stereocenters. The van der Waals surface area contributed by atoms with Gasteiger partial charge in [-0.15, -0.1) is 0 Å². The Hall–Kier alpha value is -1.14. The molecule has 0 radical (unpaired) electrons. The molecule has 2 aliphatic rings. The highest BCUT2D eigenvalue weighted by Crippen LogP contribution is 2.21. The zero-order valence-corrected chi connectivity index (χ0v) is 8.92. The summed E-state index contributed by atoms with van der Waals surface area (Å²) in [6.07, 6.45) is 0.365. The van der Waals surface area contributed by atoms with Crippen LogP contribution in [0.25, 0.3) is 0 Å². The lowest BCUT2D eigenvalue weighted by atomic mass is 10.2. The van der Waals surface area contributed by atoms with Gasteiger partial charge >= 0.3 is 5.97 Å². The van der Waals surface area contributed by atoms with Crippen molar-refractivity contribution in [2.75, 3.05) is 26.3 Å². The molecule has 0 saturated carbocycles. The van der Waals surface area contributed by atoms with Crippen molar-refractivity contribution in [1.82, 2.24) is 4.90 Å². The minimum Gasteiger partial charge on any atom is -0.479 e. The number of carbonyl (C=O) groups excluding carboxylic acids is 1. The van der Waals surface area contributed by atoms with E-state index in [-0.39, 0.29) is 18.6 Å². The van der Waals surface area contributed by atoms with Gasteiger partial charge in [0.05, 0.1) is 12.7 Å². The third-order valence-electron chi connectivity index (χ3n) is 2.89. The summed E-state index contributed by atoms with van der Waals surface area (Å²) in [4.78, 5) is 23.8. The topological polar surface area (TPSA) is 76.1 Å². The molecule has 2 heterocycles. The molecule has 0 aliphatic carbocycles. The van der Waals surface area contributed by atoms with Crippen molar-refractivity contribution < 1.29 is 24.2 Å². The van der Waals surface area contributed by atoms with Crippen LogP contribution in [0.15, 0.2) is 0 Å². The summed E-state index contributed by atoms with van der Waals surface area (Å²) in [7, 11) is 0. The van der Waals surface area contributed by atoms with Crippen molar-refractivity contribution in [2.45, 2.75) is 25.0 Å². The van der Waals surface area contributed by atoms with Crippen LogP contribution in [0, 0.1) is 0 Å². The summed E-state index contributed by atoms with van der Waals surface area (Å²) < 4.78 is 10.3. The molecule has 1 amide bonds. The fourth-order valence-electron chi connectivity index (χ4n) is 2.01. The summed E-state index contributed by atoms with van der Waals surface area (Å²) in [6.45, 7) is 1.71. The summed E-state index contributed by atoms with van der Waals surface area (Å²) in [5, 5.41) is 8.76. The second kappa shape index (κ2) is 4.80. The van der Waals surface area contributed by atoms with Crippen LogP contribution in [-0.4, -0.2) is 60.4 Å². The van der Waals surface area contributed by atoms with E-state index >= 15 is 0 Å². The predicted octanol–water partition coefficient (Wildman–Crippen LogP) is -0.523. The standard InChI is InChI=1S/C10H15NO5/c12-9-6-15-4-3-11(9)5-7-1-2-8(16-7)10(13)14/h7-8H,1-6H2,(H,13,14). The molecule has 0 aromatic heterocycles. The Morgan fingerprint density at radius 1 is 1.50 bits per heavy atom. The van der Waals surface area contributed by atoms with E-state index in [2.05, 4.69) is 0 Å². The number of nitrogens with zero attached hydrogens (tertiary/aromatic N) is 1. The fourth-order valence-corrected chi connectivity index (χ4v) is 2.01. The van der Waals surface area contributed by atoms with Gasteiger partial charge in [0.15, 0.2) is 6.10 Å². The molecule has 2 rings (SSSR count). The van der Waals surface area contributed by atoms with Gasteiger partial charge in [0.2, 0.25) is 5.91 Å². The van der Waals surface area contributed by atoms with Crippen molar-refractivity contribution in [3.63, 3.8) is 0 Å². The maximum absolute atomic E-state index is 11.4. The van der Waals surface area contributed by atoms with E-state index in [0.29, 0.717) is 32.5 Å². The number of rotatable bonds is 3. The zero-order chi connectivity index (χ0) is 11.5. The normalized spacial score (nSPS) is 30.8. The third-order valence-corrected chi connectivity index (χ3v) is 2.89. The van der Waals surface area contributed by atoms with Gasteiger partial charge in [-0.2, -0.15) is 0 Å². The van der Waals surface area contributed by atoms with Crippen LogP contribution >= 0.6 is 0 Å². The molecule has 0 bridgehead atoms. The molecule has 6 nitrogen and oxygen atoms in total. The molecular formula is C10H15NO5. The van der Waals surface area contributed by atoms with Crippen molar-refractivity contribution in [3.8, 4) is 0 Å². The van der Waals surface area contributed by atoms with Crippen molar-refractivity contribution in [3.05, 3.63) is 0 Å². The molecule has 2 fully saturated rings. The lowest BCUT2D eigenvalue weighted by Gasteiger charge is -2.28. The van der Waals surface area contributed by atoms with Crippen LogP contribution in [0.1, 0.15) is 12.8 Å². The first-order valence-corrected chi connectivity index (χ1v) is 5.40. The Bertz CT molecular complexity index is 293. The molecule has 6 heteroatoms. The Labute approximate surface area is 93.1 Å². The minimum atomic E-state index is -0.921. The van der Waals surface area contributed by atoms with Crippen molar-refractivity contribution >= 4 is 11.9 Å². The number of ether oxygens (including phenoxy) is 2. The summed E-state index contributed by atoms with van der Waals surface area (Å²) >= 11 is 0. The van der Waals surface area contributed by atoms with Gasteiger partial charge in [0.25, 0.3) is 0 Å². The summed E-state index contributed by atoms with van der Waals surface area (Å²) in [5.74, 6) is -0.968. The number of aliphatic carboxylic acids is 1. The third kappa shape index (κ3) is 2.51. The number of carboxylic acid groups (broad SMARTS) is 1. The zero-order valence-electron chi connectivity index (χ0n) is 8.92. The van der Waals surface area contributed by atoms with E-state index < -0.39 is 12.1 Å². The predicted molar refractivity (Wildman–Crippen MR) is 52.9 cm³/mol. The molecule has 16 heavy (non-hydrogen) atoms.